The van der Waals surface area contributed by atoms with E-state index in [-0.39, 0.29) is 18.4 Å². The highest BCUT2D eigenvalue weighted by molar-refractivity contribution is 5.85. The molecule has 0 radical (unpaired) electrons. The zero-order chi connectivity index (χ0) is 18.4. The molecule has 152 valence electrons. The molecule has 1 fully saturated rings. The van der Waals surface area contributed by atoms with Crippen molar-refractivity contribution in [1.29, 1.82) is 0 Å². The average molecular weight is 400 g/mol. The van der Waals surface area contributed by atoms with Crippen LogP contribution in [-0.4, -0.2) is 63.5 Å². The maximum absolute atomic E-state index is 13.1. The third-order valence-electron chi connectivity index (χ3n) is 5.37. The first-order valence-corrected chi connectivity index (χ1v) is 9.57. The van der Waals surface area contributed by atoms with Crippen molar-refractivity contribution in [1.82, 2.24) is 4.90 Å². The molecule has 0 N–H and O–H groups in total. The van der Waals surface area contributed by atoms with Crippen molar-refractivity contribution in [2.45, 2.75) is 32.1 Å². The van der Waals surface area contributed by atoms with E-state index in [0.717, 1.165) is 30.9 Å². The SMILES string of the molecule is CCN(CC)CCOC(=O)C1(c2ccc3c(c2)OCCO3)CCOCC1.Cl. The van der Waals surface area contributed by atoms with Crippen LogP contribution in [0.5, 0.6) is 11.5 Å². The molecule has 0 unspecified atom stereocenters. The molecule has 1 saturated heterocycles. The first kappa shape index (κ1) is 21.8. The number of hydrogen-bond acceptors (Lipinski definition) is 6. The maximum atomic E-state index is 13.1. The predicted octanol–water partition coefficient (Wildman–Crippen LogP) is 2.81. The minimum atomic E-state index is -0.669. The van der Waals surface area contributed by atoms with Crippen molar-refractivity contribution in [2.75, 3.05) is 52.7 Å². The standard InChI is InChI=1S/C20H29NO5.ClH/c1-3-21(4-2)9-12-26-19(22)20(7-10-23-11-8-20)16-5-6-17-18(15-16)25-14-13-24-17;/h5-6,15H,3-4,7-14H2,1-2H3;1H. The Balaban J connectivity index is 0.00000261. The van der Waals surface area contributed by atoms with E-state index in [1.54, 1.807) is 0 Å². The molecule has 1 aromatic rings. The average Bonchev–Trinajstić information content (AvgIpc) is 2.71. The smallest absolute Gasteiger partial charge is 0.316 e. The normalized spacial score (nSPS) is 17.9. The van der Waals surface area contributed by atoms with Gasteiger partial charge in [0.15, 0.2) is 11.5 Å². The summed E-state index contributed by atoms with van der Waals surface area (Å²) in [4.78, 5) is 15.3. The lowest BCUT2D eigenvalue weighted by molar-refractivity contribution is -0.155. The van der Waals surface area contributed by atoms with Crippen LogP contribution in [-0.2, 0) is 19.7 Å². The molecule has 2 heterocycles. The Morgan fingerprint density at radius 3 is 2.41 bits per heavy atom. The summed E-state index contributed by atoms with van der Waals surface area (Å²) in [6.45, 7) is 9.49. The van der Waals surface area contributed by atoms with Gasteiger partial charge in [-0.2, -0.15) is 0 Å². The molecule has 0 aliphatic carbocycles. The molecule has 6 nitrogen and oxygen atoms in total. The second-order valence-electron chi connectivity index (χ2n) is 6.72. The van der Waals surface area contributed by atoms with Gasteiger partial charge < -0.3 is 23.8 Å². The quantitative estimate of drug-likeness (QED) is 0.657. The summed E-state index contributed by atoms with van der Waals surface area (Å²) in [6.07, 6.45) is 1.24. The van der Waals surface area contributed by atoms with Crippen LogP contribution >= 0.6 is 12.4 Å². The number of nitrogens with zero attached hydrogens (tertiary/aromatic N) is 1. The van der Waals surface area contributed by atoms with Crippen LogP contribution in [0.3, 0.4) is 0 Å². The van der Waals surface area contributed by atoms with E-state index >= 15 is 0 Å². The number of hydrogen-bond donors (Lipinski definition) is 0. The molecule has 27 heavy (non-hydrogen) atoms. The van der Waals surface area contributed by atoms with Gasteiger partial charge >= 0.3 is 5.97 Å². The lowest BCUT2D eigenvalue weighted by Crippen LogP contribution is -2.43. The van der Waals surface area contributed by atoms with Gasteiger partial charge in [-0.25, -0.2) is 0 Å². The van der Waals surface area contributed by atoms with Crippen LogP contribution < -0.4 is 9.47 Å². The van der Waals surface area contributed by atoms with Gasteiger partial charge in [-0.05, 0) is 43.6 Å². The number of carbonyl (C=O) groups is 1. The van der Waals surface area contributed by atoms with Gasteiger partial charge in [0.1, 0.15) is 19.8 Å². The molecule has 2 aliphatic rings. The van der Waals surface area contributed by atoms with E-state index in [1.165, 1.54) is 0 Å². The predicted molar refractivity (Wildman–Crippen MR) is 105 cm³/mol. The molecular weight excluding hydrogens is 370 g/mol. The summed E-state index contributed by atoms with van der Waals surface area (Å²) < 4.78 is 22.5. The van der Waals surface area contributed by atoms with Crippen molar-refractivity contribution >= 4 is 18.4 Å². The van der Waals surface area contributed by atoms with Crippen LogP contribution in [0.25, 0.3) is 0 Å². The highest BCUT2D eigenvalue weighted by Crippen LogP contribution is 2.41. The van der Waals surface area contributed by atoms with Crippen molar-refractivity contribution in [3.8, 4) is 11.5 Å². The molecule has 0 spiro atoms. The second-order valence-corrected chi connectivity index (χ2v) is 6.72. The van der Waals surface area contributed by atoms with Gasteiger partial charge in [0.05, 0.1) is 5.41 Å². The summed E-state index contributed by atoms with van der Waals surface area (Å²) in [5.41, 5.74) is 0.259. The lowest BCUT2D eigenvalue weighted by atomic mass is 9.74. The Kier molecular flexibility index (Phi) is 8.20. The van der Waals surface area contributed by atoms with Crippen LogP contribution in [0.2, 0.25) is 0 Å². The summed E-state index contributed by atoms with van der Waals surface area (Å²) in [5, 5.41) is 0. The van der Waals surface area contributed by atoms with E-state index in [9.17, 15) is 4.79 Å². The fourth-order valence-corrected chi connectivity index (χ4v) is 3.62. The monoisotopic (exact) mass is 399 g/mol. The highest BCUT2D eigenvalue weighted by Gasteiger charge is 2.43. The van der Waals surface area contributed by atoms with E-state index < -0.39 is 5.41 Å². The van der Waals surface area contributed by atoms with Gasteiger partial charge in [0.25, 0.3) is 0 Å². The summed E-state index contributed by atoms with van der Waals surface area (Å²) in [5.74, 6) is 1.28. The third kappa shape index (κ3) is 4.86. The number of rotatable bonds is 7. The van der Waals surface area contributed by atoms with E-state index in [4.69, 9.17) is 18.9 Å². The molecule has 0 saturated carbocycles. The largest absolute Gasteiger partial charge is 0.486 e. The van der Waals surface area contributed by atoms with E-state index in [0.29, 0.717) is 51.6 Å². The van der Waals surface area contributed by atoms with Crippen molar-refractivity contribution in [3.05, 3.63) is 23.8 Å². The van der Waals surface area contributed by atoms with Gasteiger partial charge in [-0.15, -0.1) is 12.4 Å². The molecule has 0 atom stereocenters. The Hall–Kier alpha value is -1.50. The molecular formula is C20H30ClNO5. The van der Waals surface area contributed by atoms with Gasteiger partial charge in [0, 0.05) is 19.8 Å². The Labute approximate surface area is 167 Å². The summed E-state index contributed by atoms with van der Waals surface area (Å²) >= 11 is 0. The van der Waals surface area contributed by atoms with Gasteiger partial charge in [-0.1, -0.05) is 19.9 Å². The molecule has 0 bridgehead atoms. The van der Waals surface area contributed by atoms with Gasteiger partial charge in [0.2, 0.25) is 0 Å². The van der Waals surface area contributed by atoms with Crippen molar-refractivity contribution in [2.24, 2.45) is 0 Å². The molecule has 2 aliphatic heterocycles. The highest BCUT2D eigenvalue weighted by atomic mass is 35.5. The second kappa shape index (κ2) is 10.2. The van der Waals surface area contributed by atoms with Gasteiger partial charge in [-0.3, -0.25) is 4.79 Å². The maximum Gasteiger partial charge on any atom is 0.316 e. The lowest BCUT2D eigenvalue weighted by Gasteiger charge is -2.36. The fraction of sp³-hybridized carbons (Fsp3) is 0.650. The Morgan fingerprint density at radius 2 is 1.74 bits per heavy atom. The van der Waals surface area contributed by atoms with E-state index in [1.807, 2.05) is 18.2 Å². The topological polar surface area (TPSA) is 57.2 Å². The summed E-state index contributed by atoms with van der Waals surface area (Å²) in [6, 6.07) is 5.79. The first-order valence-electron chi connectivity index (χ1n) is 9.57. The third-order valence-corrected chi connectivity index (χ3v) is 5.37. The van der Waals surface area contributed by atoms with Crippen LogP contribution in [0.15, 0.2) is 18.2 Å². The minimum absolute atomic E-state index is 0. The number of benzene rings is 1. The molecule has 3 rings (SSSR count). The van der Waals surface area contributed by atoms with Crippen LogP contribution in [0.4, 0.5) is 0 Å². The first-order chi connectivity index (χ1) is 12.7. The number of likely N-dealkylation sites (N-methyl/N-ethyl adjacent to an activating group) is 1. The molecule has 0 aromatic heterocycles. The fourth-order valence-electron chi connectivity index (χ4n) is 3.62. The molecule has 1 aromatic carbocycles. The minimum Gasteiger partial charge on any atom is -0.486 e. The number of fused-ring (bicyclic) bond motifs is 1. The summed E-state index contributed by atoms with van der Waals surface area (Å²) in [7, 11) is 0. The number of esters is 1. The van der Waals surface area contributed by atoms with Crippen LogP contribution in [0, 0.1) is 0 Å². The van der Waals surface area contributed by atoms with E-state index in [2.05, 4.69) is 18.7 Å². The zero-order valence-electron chi connectivity index (χ0n) is 16.2. The van der Waals surface area contributed by atoms with Crippen LogP contribution in [0.1, 0.15) is 32.3 Å². The zero-order valence-corrected chi connectivity index (χ0v) is 17.0. The molecule has 7 heteroatoms. The Morgan fingerprint density at radius 1 is 1.07 bits per heavy atom. The molecule has 0 amide bonds. The number of carbonyl (C=O) groups excluding carboxylic acids is 1. The number of ether oxygens (including phenoxy) is 4. The van der Waals surface area contributed by atoms with Crippen molar-refractivity contribution < 1.29 is 23.7 Å². The number of halogens is 1. The van der Waals surface area contributed by atoms with Crippen molar-refractivity contribution in [3.63, 3.8) is 0 Å². The Bertz CT molecular complexity index is 614.